The summed E-state index contributed by atoms with van der Waals surface area (Å²) in [6.45, 7) is 7.43. The van der Waals surface area contributed by atoms with E-state index < -0.39 is 5.97 Å². The second-order valence-electron chi connectivity index (χ2n) is 5.51. The van der Waals surface area contributed by atoms with Crippen LogP contribution in [0.15, 0.2) is 24.3 Å². The average molecular weight is 261 g/mol. The molecule has 0 aromatic heterocycles. The summed E-state index contributed by atoms with van der Waals surface area (Å²) in [4.78, 5) is 13.3. The normalized spacial score (nSPS) is 16.6. The van der Waals surface area contributed by atoms with Crippen LogP contribution in [0.3, 0.4) is 0 Å². The van der Waals surface area contributed by atoms with Crippen molar-refractivity contribution in [3.63, 3.8) is 0 Å². The van der Waals surface area contributed by atoms with E-state index in [0.717, 1.165) is 32.5 Å². The van der Waals surface area contributed by atoms with E-state index in [1.807, 2.05) is 0 Å². The van der Waals surface area contributed by atoms with Crippen LogP contribution in [0.1, 0.15) is 44.2 Å². The number of benzene rings is 1. The molecule has 2 rings (SSSR count). The van der Waals surface area contributed by atoms with Gasteiger partial charge in [-0.05, 0) is 37.1 Å². The monoisotopic (exact) mass is 261 g/mol. The first-order chi connectivity index (χ1) is 9.09. The highest BCUT2D eigenvalue weighted by Crippen LogP contribution is 2.50. The molecule has 0 aliphatic heterocycles. The number of carboxylic acid groups (broad SMARTS) is 1. The molecule has 0 spiro atoms. The zero-order valence-corrected chi connectivity index (χ0v) is 11.9. The minimum atomic E-state index is -0.690. The number of aliphatic carboxylic acids is 1. The average Bonchev–Trinajstić information content (AvgIpc) is 3.16. The summed E-state index contributed by atoms with van der Waals surface area (Å²) in [5.74, 6) is -0.690. The molecule has 3 heteroatoms. The molecule has 1 saturated carbocycles. The summed E-state index contributed by atoms with van der Waals surface area (Å²) in [5.41, 5.74) is 2.43. The Hall–Kier alpha value is -1.35. The Morgan fingerprint density at radius 2 is 1.79 bits per heavy atom. The van der Waals surface area contributed by atoms with Crippen molar-refractivity contribution in [1.29, 1.82) is 0 Å². The molecule has 3 nitrogen and oxygen atoms in total. The lowest BCUT2D eigenvalue weighted by molar-refractivity contribution is -0.137. The Kier molecular flexibility index (Phi) is 4.25. The maximum Gasteiger partial charge on any atom is 0.304 e. The number of hydrogen-bond donors (Lipinski definition) is 1. The maximum absolute atomic E-state index is 10.9. The molecule has 1 aromatic carbocycles. The van der Waals surface area contributed by atoms with Crippen LogP contribution in [0.5, 0.6) is 0 Å². The minimum Gasteiger partial charge on any atom is -0.481 e. The van der Waals surface area contributed by atoms with E-state index in [-0.39, 0.29) is 11.8 Å². The van der Waals surface area contributed by atoms with Crippen LogP contribution >= 0.6 is 0 Å². The van der Waals surface area contributed by atoms with Gasteiger partial charge in [-0.15, -0.1) is 0 Å². The van der Waals surface area contributed by atoms with Crippen molar-refractivity contribution in [3.8, 4) is 0 Å². The van der Waals surface area contributed by atoms with Crippen molar-refractivity contribution in [3.05, 3.63) is 35.4 Å². The van der Waals surface area contributed by atoms with Crippen LogP contribution in [0.2, 0.25) is 0 Å². The predicted octanol–water partition coefficient (Wildman–Crippen LogP) is 3.03. The number of carboxylic acids is 1. The lowest BCUT2D eigenvalue weighted by Crippen LogP contribution is -2.22. The summed E-state index contributed by atoms with van der Waals surface area (Å²) in [6.07, 6.45) is 2.28. The fourth-order valence-corrected chi connectivity index (χ4v) is 2.68. The third kappa shape index (κ3) is 3.35. The van der Waals surface area contributed by atoms with Gasteiger partial charge in [-0.3, -0.25) is 9.69 Å². The number of carbonyl (C=O) groups is 1. The standard InChI is InChI=1S/C16H23NO2/c1-3-17(4-2)12-13-5-7-14(8-6-13)16(9-10-16)11-15(18)19/h5-8H,3-4,9-12H2,1-2H3,(H,18,19). The van der Waals surface area contributed by atoms with Crippen molar-refractivity contribution in [2.24, 2.45) is 0 Å². The van der Waals surface area contributed by atoms with E-state index in [4.69, 9.17) is 5.11 Å². The van der Waals surface area contributed by atoms with Crippen LogP contribution in [0.25, 0.3) is 0 Å². The molecule has 19 heavy (non-hydrogen) atoms. The molecule has 0 bridgehead atoms. The van der Waals surface area contributed by atoms with Gasteiger partial charge in [-0.2, -0.15) is 0 Å². The van der Waals surface area contributed by atoms with Crippen LogP contribution in [-0.2, 0) is 16.8 Å². The van der Waals surface area contributed by atoms with Gasteiger partial charge < -0.3 is 5.11 Å². The quantitative estimate of drug-likeness (QED) is 0.820. The van der Waals surface area contributed by atoms with Crippen molar-refractivity contribution < 1.29 is 9.90 Å². The minimum absolute atomic E-state index is 0.0699. The topological polar surface area (TPSA) is 40.5 Å². The molecule has 1 aliphatic rings. The second kappa shape index (κ2) is 5.74. The second-order valence-corrected chi connectivity index (χ2v) is 5.51. The predicted molar refractivity (Wildman–Crippen MR) is 76.2 cm³/mol. The fraction of sp³-hybridized carbons (Fsp3) is 0.562. The van der Waals surface area contributed by atoms with E-state index in [1.54, 1.807) is 0 Å². The highest BCUT2D eigenvalue weighted by molar-refractivity contribution is 5.70. The number of hydrogen-bond acceptors (Lipinski definition) is 2. The third-order valence-electron chi connectivity index (χ3n) is 4.21. The first-order valence-electron chi connectivity index (χ1n) is 7.13. The Balaban J connectivity index is 2.04. The summed E-state index contributed by atoms with van der Waals surface area (Å²) < 4.78 is 0. The smallest absolute Gasteiger partial charge is 0.304 e. The van der Waals surface area contributed by atoms with E-state index in [2.05, 4.69) is 43.0 Å². The van der Waals surface area contributed by atoms with Crippen LogP contribution < -0.4 is 0 Å². The molecule has 1 fully saturated rings. The third-order valence-corrected chi connectivity index (χ3v) is 4.21. The first-order valence-corrected chi connectivity index (χ1v) is 7.13. The van der Waals surface area contributed by atoms with Crippen molar-refractivity contribution in [2.75, 3.05) is 13.1 Å². The van der Waals surface area contributed by atoms with Crippen molar-refractivity contribution in [2.45, 2.75) is 45.1 Å². The maximum atomic E-state index is 10.9. The van der Waals surface area contributed by atoms with Crippen molar-refractivity contribution in [1.82, 2.24) is 4.90 Å². The Labute approximate surface area is 115 Å². The Morgan fingerprint density at radius 1 is 1.21 bits per heavy atom. The van der Waals surface area contributed by atoms with E-state index in [0.29, 0.717) is 0 Å². The van der Waals surface area contributed by atoms with Crippen LogP contribution in [-0.4, -0.2) is 29.1 Å². The van der Waals surface area contributed by atoms with Gasteiger partial charge in [0.25, 0.3) is 0 Å². The molecular weight excluding hydrogens is 238 g/mol. The SMILES string of the molecule is CCN(CC)Cc1ccc(C2(CC(=O)O)CC2)cc1. The molecule has 0 amide bonds. The van der Waals surface area contributed by atoms with Gasteiger partial charge in [0.15, 0.2) is 0 Å². The first kappa shape index (κ1) is 14.1. The van der Waals surface area contributed by atoms with Crippen LogP contribution in [0, 0.1) is 0 Å². The number of nitrogens with zero attached hydrogens (tertiary/aromatic N) is 1. The van der Waals surface area contributed by atoms with Gasteiger partial charge in [0.1, 0.15) is 0 Å². The van der Waals surface area contributed by atoms with Gasteiger partial charge in [-0.1, -0.05) is 38.1 Å². The lowest BCUT2D eigenvalue weighted by atomic mass is 9.92. The summed E-state index contributed by atoms with van der Waals surface area (Å²) in [7, 11) is 0. The molecular formula is C16H23NO2. The van der Waals surface area contributed by atoms with Crippen molar-refractivity contribution >= 4 is 5.97 Å². The van der Waals surface area contributed by atoms with Gasteiger partial charge in [0.2, 0.25) is 0 Å². The fourth-order valence-electron chi connectivity index (χ4n) is 2.68. The zero-order chi connectivity index (χ0) is 13.9. The highest BCUT2D eigenvalue weighted by atomic mass is 16.4. The molecule has 0 radical (unpaired) electrons. The molecule has 104 valence electrons. The van der Waals surface area contributed by atoms with Gasteiger partial charge in [-0.25, -0.2) is 0 Å². The van der Waals surface area contributed by atoms with Gasteiger partial charge >= 0.3 is 5.97 Å². The lowest BCUT2D eigenvalue weighted by Gasteiger charge is -2.19. The highest BCUT2D eigenvalue weighted by Gasteiger charge is 2.45. The number of rotatable bonds is 7. The molecule has 0 heterocycles. The molecule has 1 N–H and O–H groups in total. The summed E-state index contributed by atoms with van der Waals surface area (Å²) >= 11 is 0. The molecule has 0 atom stereocenters. The molecule has 1 aromatic rings. The van der Waals surface area contributed by atoms with E-state index >= 15 is 0 Å². The largest absolute Gasteiger partial charge is 0.481 e. The molecule has 1 aliphatic carbocycles. The zero-order valence-electron chi connectivity index (χ0n) is 11.9. The Bertz CT molecular complexity index is 431. The van der Waals surface area contributed by atoms with E-state index in [9.17, 15) is 4.79 Å². The molecule has 0 unspecified atom stereocenters. The van der Waals surface area contributed by atoms with Gasteiger partial charge in [0, 0.05) is 12.0 Å². The summed E-state index contributed by atoms with van der Waals surface area (Å²) in [6, 6.07) is 8.54. The van der Waals surface area contributed by atoms with E-state index in [1.165, 1.54) is 11.1 Å². The summed E-state index contributed by atoms with van der Waals surface area (Å²) in [5, 5.41) is 8.98. The molecule has 0 saturated heterocycles. The Morgan fingerprint density at radius 3 is 2.21 bits per heavy atom. The van der Waals surface area contributed by atoms with Gasteiger partial charge in [0.05, 0.1) is 6.42 Å². The van der Waals surface area contributed by atoms with Crippen LogP contribution in [0.4, 0.5) is 0 Å².